The van der Waals surface area contributed by atoms with E-state index in [1.165, 1.54) is 0 Å². The summed E-state index contributed by atoms with van der Waals surface area (Å²) in [6.45, 7) is 6.14. The molecule has 0 atom stereocenters. The lowest BCUT2D eigenvalue weighted by molar-refractivity contribution is -0.151. The van der Waals surface area contributed by atoms with Gasteiger partial charge in [0.1, 0.15) is 23.0 Å². The van der Waals surface area contributed by atoms with Crippen molar-refractivity contribution in [3.05, 3.63) is 11.4 Å². The molecule has 1 aromatic rings. The molecule has 0 aliphatic heterocycles. The molecule has 1 heterocycles. The van der Waals surface area contributed by atoms with E-state index in [0.717, 1.165) is 13.0 Å². The van der Waals surface area contributed by atoms with E-state index in [-0.39, 0.29) is 18.7 Å². The molecule has 1 aliphatic rings. The first kappa shape index (κ1) is 14.9. The second kappa shape index (κ2) is 5.10. The Hall–Kier alpha value is -1.53. The third-order valence-electron chi connectivity index (χ3n) is 3.45. The van der Waals surface area contributed by atoms with Crippen molar-refractivity contribution in [3.63, 3.8) is 0 Å². The summed E-state index contributed by atoms with van der Waals surface area (Å²) >= 11 is 0. The SMILES string of the molecule is CCCNc1nc(C)nc(NC2(C(F)(F)F)CC2)c1C. The number of rotatable bonds is 5. The molecular formula is C13H19F3N4. The molecule has 20 heavy (non-hydrogen) atoms. The van der Waals surface area contributed by atoms with E-state index in [4.69, 9.17) is 0 Å². The molecule has 4 nitrogen and oxygen atoms in total. The summed E-state index contributed by atoms with van der Waals surface area (Å²) in [4.78, 5) is 8.36. The highest BCUT2D eigenvalue weighted by molar-refractivity contribution is 5.59. The van der Waals surface area contributed by atoms with E-state index in [2.05, 4.69) is 20.6 Å². The average molecular weight is 288 g/mol. The molecule has 1 saturated carbocycles. The van der Waals surface area contributed by atoms with Crippen molar-refractivity contribution in [2.24, 2.45) is 0 Å². The average Bonchev–Trinajstić information content (AvgIpc) is 3.12. The van der Waals surface area contributed by atoms with Crippen LogP contribution in [-0.4, -0.2) is 28.2 Å². The first-order valence-electron chi connectivity index (χ1n) is 6.73. The zero-order chi connectivity index (χ0) is 15.0. The Balaban J connectivity index is 2.26. The zero-order valence-electron chi connectivity index (χ0n) is 11.9. The van der Waals surface area contributed by atoms with Gasteiger partial charge in [-0.25, -0.2) is 9.97 Å². The summed E-state index contributed by atoms with van der Waals surface area (Å²) in [6, 6.07) is 0. The van der Waals surface area contributed by atoms with Gasteiger partial charge in [0.25, 0.3) is 0 Å². The van der Waals surface area contributed by atoms with E-state index < -0.39 is 11.7 Å². The number of hydrogen-bond acceptors (Lipinski definition) is 4. The van der Waals surface area contributed by atoms with Crippen LogP contribution in [-0.2, 0) is 0 Å². The van der Waals surface area contributed by atoms with E-state index in [9.17, 15) is 13.2 Å². The van der Waals surface area contributed by atoms with Gasteiger partial charge in [-0.3, -0.25) is 0 Å². The quantitative estimate of drug-likeness (QED) is 0.871. The largest absolute Gasteiger partial charge is 0.411 e. The fraction of sp³-hybridized carbons (Fsp3) is 0.692. The number of nitrogens with one attached hydrogen (secondary N) is 2. The van der Waals surface area contributed by atoms with Crippen LogP contribution < -0.4 is 10.6 Å². The van der Waals surface area contributed by atoms with Crippen LogP contribution in [0.25, 0.3) is 0 Å². The molecule has 0 radical (unpaired) electrons. The summed E-state index contributed by atoms with van der Waals surface area (Å²) in [5.74, 6) is 1.32. The smallest absolute Gasteiger partial charge is 0.370 e. The van der Waals surface area contributed by atoms with Crippen LogP contribution in [0.5, 0.6) is 0 Å². The molecule has 0 spiro atoms. The lowest BCUT2D eigenvalue weighted by Gasteiger charge is -2.23. The highest BCUT2D eigenvalue weighted by Gasteiger charge is 2.63. The molecule has 7 heteroatoms. The minimum atomic E-state index is -4.25. The van der Waals surface area contributed by atoms with Crippen LogP contribution >= 0.6 is 0 Å². The Morgan fingerprint density at radius 2 is 1.75 bits per heavy atom. The second-order valence-electron chi connectivity index (χ2n) is 5.22. The minimum Gasteiger partial charge on any atom is -0.370 e. The molecule has 0 saturated heterocycles. The predicted molar refractivity (Wildman–Crippen MR) is 71.9 cm³/mol. The van der Waals surface area contributed by atoms with Crippen LogP contribution in [0.15, 0.2) is 0 Å². The molecule has 2 N–H and O–H groups in total. The van der Waals surface area contributed by atoms with Crippen LogP contribution in [0.1, 0.15) is 37.6 Å². The molecule has 0 unspecified atom stereocenters. The van der Waals surface area contributed by atoms with Gasteiger partial charge in [-0.15, -0.1) is 0 Å². The van der Waals surface area contributed by atoms with Gasteiger partial charge in [-0.2, -0.15) is 13.2 Å². The van der Waals surface area contributed by atoms with E-state index in [0.29, 0.717) is 17.2 Å². The fourth-order valence-electron chi connectivity index (χ4n) is 2.00. The van der Waals surface area contributed by atoms with Gasteiger partial charge in [-0.05, 0) is 33.1 Å². The van der Waals surface area contributed by atoms with Crippen LogP contribution in [0.3, 0.4) is 0 Å². The zero-order valence-corrected chi connectivity index (χ0v) is 11.9. The van der Waals surface area contributed by atoms with Gasteiger partial charge in [0.15, 0.2) is 0 Å². The Morgan fingerprint density at radius 1 is 1.15 bits per heavy atom. The van der Waals surface area contributed by atoms with E-state index in [1.807, 2.05) is 6.92 Å². The van der Waals surface area contributed by atoms with Gasteiger partial charge in [-0.1, -0.05) is 6.92 Å². The van der Waals surface area contributed by atoms with Crippen molar-refractivity contribution in [3.8, 4) is 0 Å². The third kappa shape index (κ3) is 2.81. The summed E-state index contributed by atoms with van der Waals surface area (Å²) in [5, 5.41) is 5.70. The topological polar surface area (TPSA) is 49.8 Å². The van der Waals surface area contributed by atoms with Gasteiger partial charge >= 0.3 is 6.18 Å². The first-order valence-corrected chi connectivity index (χ1v) is 6.73. The maximum Gasteiger partial charge on any atom is 0.411 e. The number of halogens is 3. The van der Waals surface area contributed by atoms with Gasteiger partial charge in [0, 0.05) is 12.1 Å². The summed E-state index contributed by atoms with van der Waals surface area (Å²) < 4.78 is 39.0. The van der Waals surface area contributed by atoms with Crippen molar-refractivity contribution in [1.82, 2.24) is 9.97 Å². The van der Waals surface area contributed by atoms with Crippen molar-refractivity contribution < 1.29 is 13.2 Å². The van der Waals surface area contributed by atoms with Crippen molar-refractivity contribution in [2.75, 3.05) is 17.2 Å². The monoisotopic (exact) mass is 288 g/mol. The predicted octanol–water partition coefficient (Wildman–Crippen LogP) is 3.42. The summed E-state index contributed by atoms with van der Waals surface area (Å²) in [7, 11) is 0. The molecule has 0 bridgehead atoms. The number of hydrogen-bond donors (Lipinski definition) is 2. The molecule has 2 rings (SSSR count). The molecule has 1 aliphatic carbocycles. The van der Waals surface area contributed by atoms with Gasteiger partial charge in [0.05, 0.1) is 0 Å². The maximum atomic E-state index is 13.0. The second-order valence-corrected chi connectivity index (χ2v) is 5.22. The Bertz CT molecular complexity index is 495. The van der Waals surface area contributed by atoms with Gasteiger partial charge < -0.3 is 10.6 Å². The van der Waals surface area contributed by atoms with E-state index in [1.54, 1.807) is 13.8 Å². The molecule has 1 fully saturated rings. The summed E-state index contributed by atoms with van der Waals surface area (Å²) in [6.07, 6.45) is -3.15. The number of aromatic nitrogens is 2. The van der Waals surface area contributed by atoms with Crippen LogP contribution in [0.4, 0.5) is 24.8 Å². The van der Waals surface area contributed by atoms with Crippen LogP contribution in [0, 0.1) is 13.8 Å². The maximum absolute atomic E-state index is 13.0. The molecule has 1 aromatic heterocycles. The van der Waals surface area contributed by atoms with E-state index >= 15 is 0 Å². The minimum absolute atomic E-state index is 0.0940. The lowest BCUT2D eigenvalue weighted by Crippen LogP contribution is -2.39. The third-order valence-corrected chi connectivity index (χ3v) is 3.45. The molecule has 0 aromatic carbocycles. The van der Waals surface area contributed by atoms with Gasteiger partial charge in [0.2, 0.25) is 0 Å². The van der Waals surface area contributed by atoms with Crippen LogP contribution in [0.2, 0.25) is 0 Å². The fourth-order valence-corrected chi connectivity index (χ4v) is 2.00. The number of nitrogens with zero attached hydrogens (tertiary/aromatic N) is 2. The van der Waals surface area contributed by atoms with Crippen molar-refractivity contribution >= 4 is 11.6 Å². The van der Waals surface area contributed by atoms with Crippen molar-refractivity contribution in [2.45, 2.75) is 51.7 Å². The van der Waals surface area contributed by atoms with Crippen molar-refractivity contribution in [1.29, 1.82) is 0 Å². The standard InChI is InChI=1S/C13H19F3N4/c1-4-7-17-10-8(2)11(19-9(3)18-10)20-12(5-6-12)13(14,15)16/h4-7H2,1-3H3,(H2,17,18,19,20). The highest BCUT2D eigenvalue weighted by Crippen LogP contribution is 2.51. The first-order chi connectivity index (χ1) is 9.29. The number of aryl methyl sites for hydroxylation is 1. The lowest BCUT2D eigenvalue weighted by atomic mass is 10.2. The molecule has 0 amide bonds. The highest BCUT2D eigenvalue weighted by atomic mass is 19.4. The molecular weight excluding hydrogens is 269 g/mol. The number of anilines is 2. The Labute approximate surface area is 116 Å². The Morgan fingerprint density at radius 3 is 2.25 bits per heavy atom. The number of alkyl halides is 3. The normalized spacial score (nSPS) is 16.9. The summed E-state index contributed by atoms with van der Waals surface area (Å²) in [5.41, 5.74) is -1.18. The Kier molecular flexibility index (Phi) is 3.80. The molecule has 112 valence electrons.